The lowest BCUT2D eigenvalue weighted by Gasteiger charge is -2.01. The summed E-state index contributed by atoms with van der Waals surface area (Å²) in [5.74, 6) is -1.41. The molecule has 0 aliphatic heterocycles. The number of benzene rings is 1. The summed E-state index contributed by atoms with van der Waals surface area (Å²) in [4.78, 5) is 11.1. The zero-order valence-corrected chi connectivity index (χ0v) is 7.81. The Bertz CT molecular complexity index is 319. The average molecular weight is 199 g/mol. The summed E-state index contributed by atoms with van der Waals surface area (Å²) in [5.41, 5.74) is 0.364. The van der Waals surface area contributed by atoms with Gasteiger partial charge in [0.25, 0.3) is 0 Å². The van der Waals surface area contributed by atoms with Gasteiger partial charge in [0.05, 0.1) is 6.54 Å². The van der Waals surface area contributed by atoms with E-state index in [1.807, 2.05) is 0 Å². The molecule has 0 atom stereocenters. The molecule has 2 nitrogen and oxygen atoms in total. The van der Waals surface area contributed by atoms with Crippen LogP contribution in [0.3, 0.4) is 0 Å². The number of likely N-dealkylation sites (N-methyl/N-ethyl adjacent to an activating group) is 1. The number of Topliss-reactive ketones (excluding diaryl/α,β-unsaturated/α-hetero) is 1. The van der Waals surface area contributed by atoms with Gasteiger partial charge in [-0.05, 0) is 24.7 Å². The maximum absolute atomic E-state index is 12.7. The molecule has 1 aromatic rings. The molecule has 0 fully saturated rings. The molecule has 1 N–H and O–H groups in total. The fourth-order valence-electron chi connectivity index (χ4n) is 1.20. The standard InChI is InChI=1S/C10H11F2NO/c1-13-6-10(14)4-7-2-8(11)5-9(12)3-7/h2-3,5,13H,4,6H2,1H3. The average Bonchev–Trinajstić information content (AvgIpc) is 2.01. The number of carbonyl (C=O) groups excluding carboxylic acids is 1. The third kappa shape index (κ3) is 3.22. The topological polar surface area (TPSA) is 29.1 Å². The first-order valence-electron chi connectivity index (χ1n) is 4.23. The van der Waals surface area contributed by atoms with Crippen molar-refractivity contribution in [2.24, 2.45) is 0 Å². The van der Waals surface area contributed by atoms with Gasteiger partial charge in [0.2, 0.25) is 0 Å². The molecule has 1 aromatic carbocycles. The van der Waals surface area contributed by atoms with Crippen molar-refractivity contribution in [1.29, 1.82) is 0 Å². The zero-order valence-electron chi connectivity index (χ0n) is 7.81. The molecule has 0 heterocycles. The minimum Gasteiger partial charge on any atom is -0.313 e. The lowest BCUT2D eigenvalue weighted by atomic mass is 10.1. The Morgan fingerprint density at radius 3 is 2.36 bits per heavy atom. The molecule has 0 bridgehead atoms. The molecule has 0 saturated carbocycles. The van der Waals surface area contributed by atoms with E-state index in [2.05, 4.69) is 5.32 Å². The Kier molecular flexibility index (Phi) is 3.71. The molecule has 1 rings (SSSR count). The Morgan fingerprint density at radius 2 is 1.86 bits per heavy atom. The van der Waals surface area contributed by atoms with E-state index in [4.69, 9.17) is 0 Å². The highest BCUT2D eigenvalue weighted by atomic mass is 19.1. The Morgan fingerprint density at radius 1 is 1.29 bits per heavy atom. The van der Waals surface area contributed by atoms with Crippen LogP contribution in [-0.2, 0) is 11.2 Å². The maximum Gasteiger partial charge on any atom is 0.150 e. The highest BCUT2D eigenvalue weighted by molar-refractivity contribution is 5.82. The number of carbonyl (C=O) groups is 1. The van der Waals surface area contributed by atoms with Crippen LogP contribution < -0.4 is 5.32 Å². The molecule has 76 valence electrons. The third-order valence-electron chi connectivity index (χ3n) is 1.70. The molecule has 0 aromatic heterocycles. The lowest BCUT2D eigenvalue weighted by Crippen LogP contribution is -2.20. The summed E-state index contributed by atoms with van der Waals surface area (Å²) in [7, 11) is 1.64. The monoisotopic (exact) mass is 199 g/mol. The van der Waals surface area contributed by atoms with Crippen LogP contribution in [-0.4, -0.2) is 19.4 Å². The molecule has 4 heteroatoms. The first kappa shape index (κ1) is 10.8. The summed E-state index contributed by atoms with van der Waals surface area (Å²) in [6, 6.07) is 3.11. The molecular formula is C10H11F2NO. The van der Waals surface area contributed by atoms with Crippen LogP contribution in [0.1, 0.15) is 5.56 Å². The Balaban J connectivity index is 2.71. The Hall–Kier alpha value is -1.29. The van der Waals surface area contributed by atoms with Crippen LogP contribution in [0.25, 0.3) is 0 Å². The molecular weight excluding hydrogens is 188 g/mol. The van der Waals surface area contributed by atoms with E-state index in [1.54, 1.807) is 7.05 Å². The molecule has 0 aliphatic carbocycles. The van der Waals surface area contributed by atoms with Crippen LogP contribution in [0.2, 0.25) is 0 Å². The maximum atomic E-state index is 12.7. The minimum atomic E-state index is -0.655. The van der Waals surface area contributed by atoms with E-state index < -0.39 is 11.6 Å². The molecule has 0 saturated heterocycles. The first-order chi connectivity index (χ1) is 6.61. The van der Waals surface area contributed by atoms with Gasteiger partial charge in [-0.25, -0.2) is 8.78 Å². The number of nitrogens with one attached hydrogen (secondary N) is 1. The minimum absolute atomic E-state index is 0.0511. The van der Waals surface area contributed by atoms with Crippen molar-refractivity contribution in [1.82, 2.24) is 5.32 Å². The van der Waals surface area contributed by atoms with E-state index in [0.29, 0.717) is 5.56 Å². The molecule has 0 spiro atoms. The fraction of sp³-hybridized carbons (Fsp3) is 0.300. The third-order valence-corrected chi connectivity index (χ3v) is 1.70. The number of halogens is 2. The predicted octanol–water partition coefficient (Wildman–Crippen LogP) is 1.30. The molecule has 14 heavy (non-hydrogen) atoms. The number of hydrogen-bond acceptors (Lipinski definition) is 2. The Labute approximate surface area is 80.9 Å². The van der Waals surface area contributed by atoms with Gasteiger partial charge in [0, 0.05) is 12.5 Å². The van der Waals surface area contributed by atoms with Gasteiger partial charge in [0.15, 0.2) is 5.78 Å². The van der Waals surface area contributed by atoms with Gasteiger partial charge < -0.3 is 5.32 Å². The second kappa shape index (κ2) is 4.81. The number of hydrogen-bond donors (Lipinski definition) is 1. The smallest absolute Gasteiger partial charge is 0.150 e. The van der Waals surface area contributed by atoms with E-state index in [-0.39, 0.29) is 18.7 Å². The summed E-state index contributed by atoms with van der Waals surface area (Å²) < 4.78 is 25.4. The van der Waals surface area contributed by atoms with E-state index in [1.165, 1.54) is 0 Å². The molecule has 0 radical (unpaired) electrons. The summed E-state index contributed by atoms with van der Waals surface area (Å²) in [6.07, 6.45) is 0.0511. The van der Waals surface area contributed by atoms with Gasteiger partial charge in [-0.2, -0.15) is 0 Å². The van der Waals surface area contributed by atoms with Gasteiger partial charge in [-0.3, -0.25) is 4.79 Å². The quantitative estimate of drug-likeness (QED) is 0.791. The van der Waals surface area contributed by atoms with Crippen LogP contribution in [0.4, 0.5) is 8.78 Å². The van der Waals surface area contributed by atoms with Crippen molar-refractivity contribution in [2.45, 2.75) is 6.42 Å². The van der Waals surface area contributed by atoms with Crippen LogP contribution in [0.5, 0.6) is 0 Å². The van der Waals surface area contributed by atoms with E-state index in [0.717, 1.165) is 18.2 Å². The van der Waals surface area contributed by atoms with Crippen molar-refractivity contribution in [3.63, 3.8) is 0 Å². The molecule has 0 unspecified atom stereocenters. The van der Waals surface area contributed by atoms with Crippen molar-refractivity contribution in [3.8, 4) is 0 Å². The van der Waals surface area contributed by atoms with Crippen molar-refractivity contribution in [3.05, 3.63) is 35.4 Å². The summed E-state index contributed by atoms with van der Waals surface area (Å²) >= 11 is 0. The second-order valence-corrected chi connectivity index (χ2v) is 3.02. The van der Waals surface area contributed by atoms with Gasteiger partial charge in [-0.1, -0.05) is 0 Å². The first-order valence-corrected chi connectivity index (χ1v) is 4.23. The zero-order chi connectivity index (χ0) is 10.6. The highest BCUT2D eigenvalue weighted by Gasteiger charge is 2.05. The summed E-state index contributed by atoms with van der Waals surface area (Å²) in [5, 5.41) is 2.68. The van der Waals surface area contributed by atoms with Gasteiger partial charge in [0.1, 0.15) is 11.6 Å². The predicted molar refractivity (Wildman–Crippen MR) is 49.0 cm³/mol. The lowest BCUT2D eigenvalue weighted by molar-refractivity contribution is -0.117. The van der Waals surface area contributed by atoms with E-state index >= 15 is 0 Å². The number of ketones is 1. The molecule has 0 aliphatic rings. The van der Waals surface area contributed by atoms with Gasteiger partial charge in [-0.15, -0.1) is 0 Å². The molecule has 0 amide bonds. The van der Waals surface area contributed by atoms with Crippen molar-refractivity contribution in [2.75, 3.05) is 13.6 Å². The number of rotatable bonds is 4. The van der Waals surface area contributed by atoms with E-state index in [9.17, 15) is 13.6 Å². The van der Waals surface area contributed by atoms with Gasteiger partial charge >= 0.3 is 0 Å². The normalized spacial score (nSPS) is 10.2. The fourth-order valence-corrected chi connectivity index (χ4v) is 1.20. The van der Waals surface area contributed by atoms with Crippen LogP contribution in [0.15, 0.2) is 18.2 Å². The highest BCUT2D eigenvalue weighted by Crippen LogP contribution is 2.08. The van der Waals surface area contributed by atoms with Crippen LogP contribution in [0, 0.1) is 11.6 Å². The van der Waals surface area contributed by atoms with Crippen molar-refractivity contribution >= 4 is 5.78 Å². The van der Waals surface area contributed by atoms with Crippen LogP contribution >= 0.6 is 0 Å². The van der Waals surface area contributed by atoms with Crippen molar-refractivity contribution < 1.29 is 13.6 Å². The second-order valence-electron chi connectivity index (χ2n) is 3.02. The summed E-state index contributed by atoms with van der Waals surface area (Å²) in [6.45, 7) is 0.206. The SMILES string of the molecule is CNCC(=O)Cc1cc(F)cc(F)c1. The largest absolute Gasteiger partial charge is 0.313 e.